The number of hydrogen-bond donors (Lipinski definition) is 1. The van der Waals surface area contributed by atoms with Crippen LogP contribution in [0.4, 0.5) is 0 Å². The summed E-state index contributed by atoms with van der Waals surface area (Å²) in [5, 5.41) is 5.55. The highest BCUT2D eigenvalue weighted by molar-refractivity contribution is 6.31. The van der Waals surface area contributed by atoms with Gasteiger partial charge in [0.15, 0.2) is 0 Å². The van der Waals surface area contributed by atoms with E-state index in [1.54, 1.807) is 0 Å². The molecule has 1 N–H and O–H groups in total. The van der Waals surface area contributed by atoms with Crippen LogP contribution < -0.4 is 5.32 Å². The average molecular weight is 292 g/mol. The molecule has 0 spiro atoms. The second-order valence-electron chi connectivity index (χ2n) is 5.81. The Kier molecular flexibility index (Phi) is 4.32. The van der Waals surface area contributed by atoms with Crippen molar-refractivity contribution in [1.82, 2.24) is 5.32 Å². The molecule has 1 heterocycles. The molecule has 1 aromatic carbocycles. The number of nitrogens with one attached hydrogen (secondary N) is 1. The van der Waals surface area contributed by atoms with E-state index in [2.05, 4.69) is 18.3 Å². The van der Waals surface area contributed by atoms with Crippen molar-refractivity contribution in [3.63, 3.8) is 0 Å². The fourth-order valence-electron chi connectivity index (χ4n) is 3.28. The molecule has 1 atom stereocenters. The molecule has 0 bridgehead atoms. The Balaban J connectivity index is 1.90. The van der Waals surface area contributed by atoms with Crippen molar-refractivity contribution in [3.8, 4) is 0 Å². The molecule has 2 nitrogen and oxygen atoms in total. The predicted octanol–water partition coefficient (Wildman–Crippen LogP) is 5.32. The second-order valence-corrected chi connectivity index (χ2v) is 6.24. The zero-order valence-corrected chi connectivity index (χ0v) is 12.7. The Hall–Kier alpha value is -0.990. The predicted molar refractivity (Wildman–Crippen MR) is 84.2 cm³/mol. The number of fused-ring (bicyclic) bond motifs is 1. The normalized spacial score (nSPS) is 17.9. The van der Waals surface area contributed by atoms with E-state index in [4.69, 9.17) is 16.0 Å². The van der Waals surface area contributed by atoms with E-state index >= 15 is 0 Å². The molecule has 1 fully saturated rings. The molecular formula is C17H22ClNO. The van der Waals surface area contributed by atoms with Gasteiger partial charge in [-0.1, -0.05) is 31.4 Å². The lowest BCUT2D eigenvalue weighted by atomic mass is 9.95. The highest BCUT2D eigenvalue weighted by atomic mass is 35.5. The molecule has 1 saturated carbocycles. The van der Waals surface area contributed by atoms with Crippen LogP contribution in [0.1, 0.15) is 50.8 Å². The van der Waals surface area contributed by atoms with Gasteiger partial charge in [-0.15, -0.1) is 0 Å². The molecule has 2 aromatic rings. The number of benzene rings is 1. The summed E-state index contributed by atoms with van der Waals surface area (Å²) in [6.45, 7) is 3.25. The lowest BCUT2D eigenvalue weighted by Gasteiger charge is -2.22. The van der Waals surface area contributed by atoms with Crippen LogP contribution in [0.25, 0.3) is 11.0 Å². The molecule has 0 saturated heterocycles. The first kappa shape index (κ1) is 14.0. The zero-order chi connectivity index (χ0) is 13.9. The van der Waals surface area contributed by atoms with Gasteiger partial charge in [0, 0.05) is 10.4 Å². The van der Waals surface area contributed by atoms with E-state index in [0.29, 0.717) is 12.0 Å². The third-order valence-corrected chi connectivity index (χ3v) is 4.52. The molecule has 1 unspecified atom stereocenters. The fourth-order valence-corrected chi connectivity index (χ4v) is 3.46. The molecule has 20 heavy (non-hydrogen) atoms. The van der Waals surface area contributed by atoms with Crippen molar-refractivity contribution >= 4 is 22.6 Å². The van der Waals surface area contributed by atoms with Crippen molar-refractivity contribution in [1.29, 1.82) is 0 Å². The highest BCUT2D eigenvalue weighted by Crippen LogP contribution is 2.38. The number of rotatable bonds is 5. The first-order valence-corrected chi connectivity index (χ1v) is 8.08. The van der Waals surface area contributed by atoms with Gasteiger partial charge in [0.25, 0.3) is 0 Å². The van der Waals surface area contributed by atoms with Crippen molar-refractivity contribution in [2.75, 3.05) is 6.54 Å². The topological polar surface area (TPSA) is 25.2 Å². The molecule has 0 radical (unpaired) electrons. The Morgan fingerprint density at radius 2 is 2.10 bits per heavy atom. The second kappa shape index (κ2) is 6.19. The SMILES string of the molecule is CCCNC(c1cc2cc(Cl)ccc2o1)C1CCCC1. The molecule has 1 aliphatic carbocycles. The minimum absolute atomic E-state index is 0.351. The minimum atomic E-state index is 0.351. The molecule has 0 aliphatic heterocycles. The summed E-state index contributed by atoms with van der Waals surface area (Å²) in [5.74, 6) is 1.78. The summed E-state index contributed by atoms with van der Waals surface area (Å²) in [5.41, 5.74) is 0.936. The molecule has 3 heteroatoms. The van der Waals surface area contributed by atoms with E-state index in [-0.39, 0.29) is 0 Å². The van der Waals surface area contributed by atoms with Crippen LogP contribution in [0.5, 0.6) is 0 Å². The maximum atomic E-state index is 6.07. The number of halogens is 1. The van der Waals surface area contributed by atoms with Gasteiger partial charge >= 0.3 is 0 Å². The maximum absolute atomic E-state index is 6.07. The number of furan rings is 1. The van der Waals surface area contributed by atoms with Gasteiger partial charge in [0.05, 0.1) is 6.04 Å². The lowest BCUT2D eigenvalue weighted by Crippen LogP contribution is -2.27. The third kappa shape index (κ3) is 2.87. The summed E-state index contributed by atoms with van der Waals surface area (Å²) in [6, 6.07) is 8.35. The van der Waals surface area contributed by atoms with Gasteiger partial charge in [0.2, 0.25) is 0 Å². The van der Waals surface area contributed by atoms with Gasteiger partial charge in [-0.2, -0.15) is 0 Å². The van der Waals surface area contributed by atoms with Crippen LogP contribution in [-0.2, 0) is 0 Å². The van der Waals surface area contributed by atoms with Gasteiger partial charge in [0.1, 0.15) is 11.3 Å². The van der Waals surface area contributed by atoms with E-state index in [1.807, 2.05) is 18.2 Å². The standard InChI is InChI=1S/C17H22ClNO/c1-2-9-19-17(12-5-3-4-6-12)16-11-13-10-14(18)7-8-15(13)20-16/h7-8,10-12,17,19H,2-6,9H2,1H3. The van der Waals surface area contributed by atoms with Crippen molar-refractivity contribution in [3.05, 3.63) is 35.0 Å². The van der Waals surface area contributed by atoms with Crippen LogP contribution in [0.2, 0.25) is 5.02 Å². The van der Waals surface area contributed by atoms with E-state index in [9.17, 15) is 0 Å². The largest absolute Gasteiger partial charge is 0.459 e. The third-order valence-electron chi connectivity index (χ3n) is 4.29. The Morgan fingerprint density at radius 1 is 1.30 bits per heavy atom. The lowest BCUT2D eigenvalue weighted by molar-refractivity contribution is 0.320. The summed E-state index contributed by atoms with van der Waals surface area (Å²) in [6.07, 6.45) is 6.45. The van der Waals surface area contributed by atoms with E-state index in [1.165, 1.54) is 25.7 Å². The summed E-state index contributed by atoms with van der Waals surface area (Å²) >= 11 is 6.06. The van der Waals surface area contributed by atoms with Crippen molar-refractivity contribution in [2.24, 2.45) is 5.92 Å². The van der Waals surface area contributed by atoms with Crippen molar-refractivity contribution in [2.45, 2.75) is 45.1 Å². The fraction of sp³-hybridized carbons (Fsp3) is 0.529. The van der Waals surface area contributed by atoms with Crippen molar-refractivity contribution < 1.29 is 4.42 Å². The number of hydrogen-bond acceptors (Lipinski definition) is 2. The van der Waals surface area contributed by atoms with Crippen LogP contribution >= 0.6 is 11.6 Å². The maximum Gasteiger partial charge on any atom is 0.134 e. The molecule has 0 amide bonds. The molecular weight excluding hydrogens is 270 g/mol. The van der Waals surface area contributed by atoms with Crippen LogP contribution in [0, 0.1) is 5.92 Å². The minimum Gasteiger partial charge on any atom is -0.459 e. The molecule has 108 valence electrons. The zero-order valence-electron chi connectivity index (χ0n) is 12.0. The highest BCUT2D eigenvalue weighted by Gasteiger charge is 2.28. The van der Waals surface area contributed by atoms with Gasteiger partial charge < -0.3 is 9.73 Å². The molecule has 1 aromatic heterocycles. The van der Waals surface area contributed by atoms with E-state index < -0.39 is 0 Å². The molecule has 3 rings (SSSR count). The van der Waals surface area contributed by atoms with E-state index in [0.717, 1.165) is 34.7 Å². The summed E-state index contributed by atoms with van der Waals surface area (Å²) in [4.78, 5) is 0. The van der Waals surface area contributed by atoms with Crippen LogP contribution in [0.15, 0.2) is 28.7 Å². The first-order chi connectivity index (χ1) is 9.78. The quantitative estimate of drug-likeness (QED) is 0.807. The monoisotopic (exact) mass is 291 g/mol. The van der Waals surface area contributed by atoms with Gasteiger partial charge in [-0.05, 0) is 56.0 Å². The Labute approximate surface area is 125 Å². The first-order valence-electron chi connectivity index (χ1n) is 7.70. The van der Waals surface area contributed by atoms with Gasteiger partial charge in [-0.25, -0.2) is 0 Å². The van der Waals surface area contributed by atoms with Crippen LogP contribution in [-0.4, -0.2) is 6.54 Å². The Bertz CT molecular complexity index is 571. The van der Waals surface area contributed by atoms with Gasteiger partial charge in [-0.3, -0.25) is 0 Å². The Morgan fingerprint density at radius 3 is 2.85 bits per heavy atom. The smallest absolute Gasteiger partial charge is 0.134 e. The average Bonchev–Trinajstić information content (AvgIpc) is 3.08. The van der Waals surface area contributed by atoms with Crippen LogP contribution in [0.3, 0.4) is 0 Å². The summed E-state index contributed by atoms with van der Waals surface area (Å²) in [7, 11) is 0. The summed E-state index contributed by atoms with van der Waals surface area (Å²) < 4.78 is 6.07. The molecule has 1 aliphatic rings.